The van der Waals surface area contributed by atoms with Gasteiger partial charge < -0.3 is 19.3 Å². The number of anilines is 1. The fraction of sp³-hybridized carbons (Fsp3) is 0.393. The van der Waals surface area contributed by atoms with Crippen LogP contribution in [0.1, 0.15) is 5.56 Å². The lowest BCUT2D eigenvalue weighted by atomic mass is 9.96. The molecule has 40 heavy (non-hydrogen) atoms. The largest absolute Gasteiger partial charge is 0.379 e. The van der Waals surface area contributed by atoms with Crippen LogP contribution in [0.25, 0.3) is 22.0 Å². The summed E-state index contributed by atoms with van der Waals surface area (Å²) in [5, 5.41) is 0.543. The standard InChI is InChI=1S/C28H27ClF2N4O4S/c1-4-23(36)35-15-8-33(9-16(35)12-39-11-15)27-19-5-14(2)24(18-6-20(29)22(31)7-21(18)30)26-25(19)34(28(37)32-27)10-17(38-3)13-40-26/h4-7,15-17H,1,8-13H2,2-3H3/t15?,16?,17-/m0/s1. The Morgan fingerprint density at radius 1 is 1.20 bits per heavy atom. The fourth-order valence-corrected chi connectivity index (χ4v) is 7.53. The number of aryl methyl sites for hydroxylation is 1. The number of halogens is 3. The van der Waals surface area contributed by atoms with Gasteiger partial charge in [-0.15, -0.1) is 11.8 Å². The molecule has 2 bridgehead atoms. The molecule has 2 unspecified atom stereocenters. The van der Waals surface area contributed by atoms with E-state index in [9.17, 15) is 14.0 Å². The number of benzene rings is 2. The SMILES string of the molecule is C=CC(=O)N1C2COCC1CN(c1nc(=O)n3c4c(c(-c5cc(Cl)c(F)cc5F)c(C)cc14)SC[C@@H](OC)C3)C2. The molecule has 1 aromatic heterocycles. The maximum atomic E-state index is 15.2. The molecule has 3 atom stereocenters. The highest BCUT2D eigenvalue weighted by Gasteiger charge is 2.41. The van der Waals surface area contributed by atoms with Crippen LogP contribution in [0.4, 0.5) is 14.6 Å². The van der Waals surface area contributed by atoms with E-state index in [4.69, 9.17) is 21.1 Å². The van der Waals surface area contributed by atoms with Gasteiger partial charge in [0.05, 0.1) is 48.5 Å². The van der Waals surface area contributed by atoms with Crippen LogP contribution in [0, 0.1) is 18.6 Å². The van der Waals surface area contributed by atoms with Crippen LogP contribution < -0.4 is 10.6 Å². The van der Waals surface area contributed by atoms with Crippen LogP contribution >= 0.6 is 23.4 Å². The van der Waals surface area contributed by atoms with E-state index in [1.54, 1.807) is 16.6 Å². The molecule has 3 aliphatic rings. The van der Waals surface area contributed by atoms with Crippen LogP contribution in [-0.2, 0) is 20.8 Å². The molecule has 0 aliphatic carbocycles. The number of nitrogens with zero attached hydrogens (tertiary/aromatic N) is 4. The van der Waals surface area contributed by atoms with Crippen LogP contribution in [0.2, 0.25) is 5.02 Å². The van der Waals surface area contributed by atoms with Crippen molar-refractivity contribution in [2.24, 2.45) is 0 Å². The summed E-state index contributed by atoms with van der Waals surface area (Å²) >= 11 is 7.54. The molecule has 8 nitrogen and oxygen atoms in total. The predicted molar refractivity (Wildman–Crippen MR) is 150 cm³/mol. The number of ether oxygens (including phenoxy) is 2. The van der Waals surface area contributed by atoms with Crippen molar-refractivity contribution < 1.29 is 23.0 Å². The summed E-state index contributed by atoms with van der Waals surface area (Å²) in [5.41, 5.74) is 1.60. The molecular formula is C28H27ClF2N4O4S. The maximum absolute atomic E-state index is 15.2. The molecule has 1 amide bonds. The van der Waals surface area contributed by atoms with E-state index >= 15 is 4.39 Å². The van der Waals surface area contributed by atoms with E-state index in [0.717, 1.165) is 17.0 Å². The van der Waals surface area contributed by atoms with Crippen LogP contribution in [0.5, 0.6) is 0 Å². The van der Waals surface area contributed by atoms with Gasteiger partial charge in [-0.3, -0.25) is 9.36 Å². The van der Waals surface area contributed by atoms with Crippen molar-refractivity contribution in [1.82, 2.24) is 14.5 Å². The summed E-state index contributed by atoms with van der Waals surface area (Å²) < 4.78 is 42.2. The van der Waals surface area contributed by atoms with Crippen LogP contribution in [-0.4, -0.2) is 77.7 Å². The topological polar surface area (TPSA) is 76.9 Å². The maximum Gasteiger partial charge on any atom is 0.350 e. The minimum Gasteiger partial charge on any atom is -0.379 e. The third-order valence-electron chi connectivity index (χ3n) is 7.81. The summed E-state index contributed by atoms with van der Waals surface area (Å²) in [6.07, 6.45) is 1.03. The van der Waals surface area contributed by atoms with Gasteiger partial charge in [-0.1, -0.05) is 18.2 Å². The second-order valence-electron chi connectivity index (χ2n) is 10.2. The first-order chi connectivity index (χ1) is 19.2. The van der Waals surface area contributed by atoms with Gasteiger partial charge in [0.25, 0.3) is 0 Å². The van der Waals surface area contributed by atoms with Gasteiger partial charge in [0.1, 0.15) is 17.5 Å². The second-order valence-corrected chi connectivity index (χ2v) is 11.7. The molecule has 2 fully saturated rings. The number of amides is 1. The Morgan fingerprint density at radius 2 is 1.93 bits per heavy atom. The van der Waals surface area contributed by atoms with Gasteiger partial charge in [-0.2, -0.15) is 4.98 Å². The molecule has 0 saturated carbocycles. The number of carbonyl (C=O) groups excluding carboxylic acids is 1. The van der Waals surface area contributed by atoms with Crippen molar-refractivity contribution in [3.05, 3.63) is 63.6 Å². The van der Waals surface area contributed by atoms with Crippen molar-refractivity contribution in [1.29, 1.82) is 0 Å². The van der Waals surface area contributed by atoms with E-state index in [1.807, 2.05) is 17.9 Å². The van der Waals surface area contributed by atoms with E-state index in [2.05, 4.69) is 11.6 Å². The monoisotopic (exact) mass is 588 g/mol. The van der Waals surface area contributed by atoms with Crippen molar-refractivity contribution in [2.45, 2.75) is 36.6 Å². The number of morpholine rings is 1. The number of methoxy groups -OCH3 is 1. The minimum absolute atomic E-state index is 0.151. The molecule has 3 aliphatic heterocycles. The zero-order valence-corrected chi connectivity index (χ0v) is 23.5. The zero-order chi connectivity index (χ0) is 28.3. The molecule has 3 aromatic rings. The Balaban J connectivity index is 1.57. The quantitative estimate of drug-likeness (QED) is 0.336. The first-order valence-corrected chi connectivity index (χ1v) is 14.2. The molecular weight excluding hydrogens is 562 g/mol. The second kappa shape index (κ2) is 10.4. The van der Waals surface area contributed by atoms with Gasteiger partial charge in [-0.25, -0.2) is 13.6 Å². The zero-order valence-electron chi connectivity index (χ0n) is 22.0. The molecule has 0 radical (unpaired) electrons. The van der Waals surface area contributed by atoms with E-state index in [-0.39, 0.29) is 41.2 Å². The number of fused-ring (bicyclic) bond motifs is 2. The highest BCUT2D eigenvalue weighted by molar-refractivity contribution is 7.99. The van der Waals surface area contributed by atoms with E-state index in [1.165, 1.54) is 23.9 Å². The molecule has 6 rings (SSSR count). The minimum atomic E-state index is -0.841. The lowest BCUT2D eigenvalue weighted by Gasteiger charge is -2.49. The highest BCUT2D eigenvalue weighted by atomic mass is 35.5. The van der Waals surface area contributed by atoms with E-state index in [0.29, 0.717) is 53.8 Å². The summed E-state index contributed by atoms with van der Waals surface area (Å²) in [7, 11) is 1.58. The number of hydrogen-bond donors (Lipinski definition) is 0. The summed E-state index contributed by atoms with van der Waals surface area (Å²) in [5.74, 6) is -0.719. The van der Waals surface area contributed by atoms with Crippen molar-refractivity contribution in [3.8, 4) is 11.1 Å². The highest BCUT2D eigenvalue weighted by Crippen LogP contribution is 2.45. The van der Waals surface area contributed by atoms with Crippen LogP contribution in [0.3, 0.4) is 0 Å². The third-order valence-corrected chi connectivity index (χ3v) is 9.32. The molecule has 12 heteroatoms. The van der Waals surface area contributed by atoms with E-state index < -0.39 is 17.3 Å². The number of hydrogen-bond acceptors (Lipinski definition) is 7. The summed E-state index contributed by atoms with van der Waals surface area (Å²) in [6.45, 7) is 7.35. The predicted octanol–water partition coefficient (Wildman–Crippen LogP) is 4.03. The van der Waals surface area contributed by atoms with Crippen molar-refractivity contribution in [2.75, 3.05) is 44.1 Å². The van der Waals surface area contributed by atoms with Crippen molar-refractivity contribution >= 4 is 46.0 Å². The molecule has 2 aromatic carbocycles. The van der Waals surface area contributed by atoms with Crippen LogP contribution in [0.15, 0.2) is 40.5 Å². The average molecular weight is 589 g/mol. The Labute approximate surface area is 238 Å². The molecule has 0 spiro atoms. The Hall–Kier alpha value is -2.99. The molecule has 4 heterocycles. The Kier molecular flexibility index (Phi) is 7.10. The smallest absolute Gasteiger partial charge is 0.350 e. The third kappa shape index (κ3) is 4.39. The van der Waals surface area contributed by atoms with Gasteiger partial charge in [0, 0.05) is 53.4 Å². The normalized spacial score (nSPS) is 22.4. The Morgan fingerprint density at radius 3 is 2.60 bits per heavy atom. The number of aromatic nitrogens is 2. The average Bonchev–Trinajstić information content (AvgIpc) is 3.12. The fourth-order valence-electron chi connectivity index (χ4n) is 6.00. The lowest BCUT2D eigenvalue weighted by Crippen LogP contribution is -2.66. The number of carbonyl (C=O) groups is 1. The first-order valence-electron chi connectivity index (χ1n) is 12.9. The first kappa shape index (κ1) is 27.2. The van der Waals surface area contributed by atoms with Gasteiger partial charge in [0.2, 0.25) is 5.91 Å². The number of piperazine rings is 1. The number of thioether (sulfide) groups is 1. The molecule has 210 valence electrons. The van der Waals surface area contributed by atoms with Gasteiger partial charge in [-0.05, 0) is 30.7 Å². The summed E-state index contributed by atoms with van der Waals surface area (Å²) in [6, 6.07) is 3.51. The summed E-state index contributed by atoms with van der Waals surface area (Å²) in [4.78, 5) is 35.3. The molecule has 0 N–H and O–H groups in total. The molecule has 2 saturated heterocycles. The Bertz CT molecular complexity index is 1600. The van der Waals surface area contributed by atoms with Crippen molar-refractivity contribution in [3.63, 3.8) is 0 Å². The lowest BCUT2D eigenvalue weighted by molar-refractivity contribution is -0.142. The van der Waals surface area contributed by atoms with Gasteiger partial charge >= 0.3 is 5.69 Å². The number of rotatable bonds is 4. The van der Waals surface area contributed by atoms with Gasteiger partial charge in [0.15, 0.2) is 0 Å².